The molecule has 0 aromatic carbocycles. The van der Waals surface area contributed by atoms with E-state index in [1.165, 1.54) is 6.92 Å². The smallest absolute Gasteiger partial charge is 0.103 e. The van der Waals surface area contributed by atoms with Crippen LogP contribution in [0.1, 0.15) is 9.67 Å². The maximum absolute atomic E-state index is 7.99. The van der Waals surface area contributed by atoms with Gasteiger partial charge in [-0.25, -0.2) is 0 Å². The Bertz CT molecular complexity index is 58.9. The molecule has 0 rings (SSSR count). The van der Waals surface area contributed by atoms with Crippen LogP contribution in [0, 0.1) is 0 Å². The van der Waals surface area contributed by atoms with Crippen LogP contribution in [0.25, 0.3) is 0 Å². The van der Waals surface area contributed by atoms with Gasteiger partial charge in [0, 0.05) is 0 Å². The SMILES string of the molecule is [2H]/C(C)=C(\[2H])O. The molecule has 0 heterocycles. The van der Waals surface area contributed by atoms with Gasteiger partial charge in [0.1, 0.15) is 1.37 Å². The van der Waals surface area contributed by atoms with Crippen LogP contribution < -0.4 is 0 Å². The van der Waals surface area contributed by atoms with Crippen molar-refractivity contribution >= 4 is 0 Å². The Morgan fingerprint density at radius 3 is 2.50 bits per heavy atom. The number of allylic oxidation sites excluding steroid dienone is 1. The maximum Gasteiger partial charge on any atom is 0.103 e. The normalized spacial score (nSPS) is 21.2. The van der Waals surface area contributed by atoms with Gasteiger partial charge in [-0.2, -0.15) is 0 Å². The zero-order valence-electron chi connectivity index (χ0n) is 4.45. The van der Waals surface area contributed by atoms with Gasteiger partial charge in [-0.05, 0) is 6.92 Å². The summed E-state index contributed by atoms with van der Waals surface area (Å²) in [4.78, 5) is 0. The number of hydrogen-bond donors (Lipinski definition) is 1. The lowest BCUT2D eigenvalue weighted by Gasteiger charge is -1.53. The average Bonchev–Trinajstić information content (AvgIpc) is 1.36. The van der Waals surface area contributed by atoms with Gasteiger partial charge < -0.3 is 5.11 Å². The van der Waals surface area contributed by atoms with Gasteiger partial charge in [0.05, 0.1) is 7.61 Å². The molecule has 0 fully saturated rings. The van der Waals surface area contributed by atoms with E-state index < -0.39 is 6.24 Å². The van der Waals surface area contributed by atoms with Gasteiger partial charge in [0.15, 0.2) is 0 Å². The largest absolute Gasteiger partial charge is 0.516 e. The second kappa shape index (κ2) is 2.54. The summed E-state index contributed by atoms with van der Waals surface area (Å²) in [6, 6.07) is -0.102. The van der Waals surface area contributed by atoms with E-state index in [1.54, 1.807) is 0 Å². The monoisotopic (exact) mass is 60.1 g/mol. The Morgan fingerprint density at radius 1 is 2.25 bits per heavy atom. The molecule has 24 valence electrons. The molecule has 0 aliphatic carbocycles. The van der Waals surface area contributed by atoms with Crippen molar-refractivity contribution in [2.75, 3.05) is 0 Å². The molecule has 0 aliphatic rings. The van der Waals surface area contributed by atoms with Gasteiger partial charge in [-0.1, -0.05) is 6.05 Å². The lowest BCUT2D eigenvalue weighted by Crippen LogP contribution is -1.36. The fourth-order valence-electron chi connectivity index (χ4n) is 0. The molecule has 0 unspecified atom stereocenters. The summed E-state index contributed by atoms with van der Waals surface area (Å²) < 4.78 is 12.8. The molecule has 0 aromatic rings. The van der Waals surface area contributed by atoms with Crippen LogP contribution in [0.5, 0.6) is 0 Å². The van der Waals surface area contributed by atoms with Crippen LogP contribution in [0.4, 0.5) is 0 Å². The molecule has 0 spiro atoms. The third-order valence-corrected chi connectivity index (χ3v) is 0.112. The number of aliphatic hydroxyl groups is 1. The minimum atomic E-state index is -0.657. The highest BCUT2D eigenvalue weighted by molar-refractivity contribution is 4.60. The third kappa shape index (κ3) is 1.54. The van der Waals surface area contributed by atoms with Crippen molar-refractivity contribution in [3.63, 3.8) is 0 Å². The molecule has 0 aliphatic heterocycles. The van der Waals surface area contributed by atoms with Gasteiger partial charge in [0.2, 0.25) is 0 Å². The quantitative estimate of drug-likeness (QED) is 0.415. The van der Waals surface area contributed by atoms with E-state index in [9.17, 15) is 0 Å². The van der Waals surface area contributed by atoms with Gasteiger partial charge in [-0.3, -0.25) is 0 Å². The highest BCUT2D eigenvalue weighted by atomic mass is 16.2. The summed E-state index contributed by atoms with van der Waals surface area (Å²) in [6.07, 6.45) is -0.657. The maximum atomic E-state index is 7.99. The molecule has 0 saturated heterocycles. The fraction of sp³-hybridized carbons (Fsp3) is 0.333. The molecule has 1 heteroatoms. The third-order valence-electron chi connectivity index (χ3n) is 0.112. The van der Waals surface area contributed by atoms with E-state index in [4.69, 9.17) is 7.85 Å². The van der Waals surface area contributed by atoms with Crippen LogP contribution in [0.2, 0.25) is 0 Å². The minimum absolute atomic E-state index is 0.102. The summed E-state index contributed by atoms with van der Waals surface area (Å²) in [5.74, 6) is 0. The Hall–Kier alpha value is -0.460. The lowest BCUT2D eigenvalue weighted by atomic mass is 10.8. The van der Waals surface area contributed by atoms with Crippen molar-refractivity contribution in [1.29, 1.82) is 0 Å². The Kier molecular flexibility index (Phi) is 0.704. The Balaban J connectivity index is 3.68. The van der Waals surface area contributed by atoms with Crippen LogP contribution in [-0.2, 0) is 0 Å². The summed E-state index contributed by atoms with van der Waals surface area (Å²) in [7, 11) is 0. The second-order valence-electron chi connectivity index (χ2n) is 0.362. The predicted octanol–water partition coefficient (Wildman–Crippen LogP) is 1.08. The second-order valence-corrected chi connectivity index (χ2v) is 0.362. The Morgan fingerprint density at radius 2 is 2.50 bits per heavy atom. The molecule has 4 heavy (non-hydrogen) atoms. The molecule has 0 bridgehead atoms. The van der Waals surface area contributed by atoms with E-state index >= 15 is 0 Å². The van der Waals surface area contributed by atoms with Crippen LogP contribution in [-0.4, -0.2) is 5.11 Å². The summed E-state index contributed by atoms with van der Waals surface area (Å²) in [5.41, 5.74) is 0. The first-order valence-corrected chi connectivity index (χ1v) is 0.974. The highest BCUT2D eigenvalue weighted by Gasteiger charge is 1.35. The van der Waals surface area contributed by atoms with Crippen molar-refractivity contribution in [2.45, 2.75) is 6.92 Å². The molecular formula is C3H6O. The lowest BCUT2D eigenvalue weighted by molar-refractivity contribution is 0.472. The molecule has 0 radical (unpaired) electrons. The van der Waals surface area contributed by atoms with Crippen LogP contribution in [0.15, 0.2) is 12.3 Å². The molecule has 0 saturated carbocycles. The molecule has 0 aromatic heterocycles. The van der Waals surface area contributed by atoms with Crippen molar-refractivity contribution < 1.29 is 7.85 Å². The van der Waals surface area contributed by atoms with E-state index in [2.05, 4.69) is 0 Å². The summed E-state index contributed by atoms with van der Waals surface area (Å²) in [6.45, 7) is 1.35. The van der Waals surface area contributed by atoms with Gasteiger partial charge in [0.25, 0.3) is 0 Å². The topological polar surface area (TPSA) is 20.2 Å². The van der Waals surface area contributed by atoms with Crippen LogP contribution >= 0.6 is 0 Å². The van der Waals surface area contributed by atoms with Crippen molar-refractivity contribution in [2.24, 2.45) is 0 Å². The number of aliphatic hydroxyl groups excluding tert-OH is 1. The number of rotatable bonds is 0. The average molecular weight is 60.1 g/mol. The Labute approximate surface area is 28.4 Å². The minimum Gasteiger partial charge on any atom is -0.516 e. The summed E-state index contributed by atoms with van der Waals surface area (Å²) in [5, 5.41) is 7.99. The predicted molar refractivity (Wildman–Crippen MR) is 17.4 cm³/mol. The standard InChI is InChI=1S/C3H6O/c1-2-3-4/h2-4H,1H3/b3-2-/i2D,3D. The van der Waals surface area contributed by atoms with E-state index in [1.807, 2.05) is 0 Å². The van der Waals surface area contributed by atoms with E-state index in [0.717, 1.165) is 0 Å². The van der Waals surface area contributed by atoms with E-state index in [-0.39, 0.29) is 6.05 Å². The first kappa shape index (κ1) is 1.11. The van der Waals surface area contributed by atoms with Crippen molar-refractivity contribution in [1.82, 2.24) is 0 Å². The molecule has 1 nitrogen and oxygen atoms in total. The van der Waals surface area contributed by atoms with Gasteiger partial charge in [-0.15, -0.1) is 0 Å². The first-order valence-electron chi connectivity index (χ1n) is 1.97. The van der Waals surface area contributed by atoms with Crippen LogP contribution in [0.3, 0.4) is 0 Å². The van der Waals surface area contributed by atoms with Gasteiger partial charge >= 0.3 is 0 Å². The van der Waals surface area contributed by atoms with Crippen molar-refractivity contribution in [3.8, 4) is 0 Å². The number of hydrogen-bond acceptors (Lipinski definition) is 1. The van der Waals surface area contributed by atoms with E-state index in [0.29, 0.717) is 0 Å². The molecule has 0 atom stereocenters. The zero-order valence-corrected chi connectivity index (χ0v) is 2.45. The van der Waals surface area contributed by atoms with Crippen molar-refractivity contribution in [3.05, 3.63) is 12.3 Å². The molecular weight excluding hydrogens is 52.0 g/mol. The fourth-order valence-corrected chi connectivity index (χ4v) is 0. The zero-order chi connectivity index (χ0) is 5.15. The molecule has 0 amide bonds. The molecule has 1 N–H and O–H groups in total. The summed E-state index contributed by atoms with van der Waals surface area (Å²) >= 11 is 0. The first-order chi connectivity index (χ1) is 2.64. The highest BCUT2D eigenvalue weighted by Crippen LogP contribution is 1.51.